The van der Waals surface area contributed by atoms with E-state index in [1.807, 2.05) is 12.2 Å². The summed E-state index contributed by atoms with van der Waals surface area (Å²) in [5.74, 6) is 0. The van der Waals surface area contributed by atoms with Gasteiger partial charge in [-0.2, -0.15) is 0 Å². The van der Waals surface area contributed by atoms with Crippen molar-refractivity contribution in [2.24, 2.45) is 0 Å². The maximum absolute atomic E-state index is 9.86. The van der Waals surface area contributed by atoms with E-state index >= 15 is 0 Å². The van der Waals surface area contributed by atoms with E-state index in [1.54, 1.807) is 0 Å². The van der Waals surface area contributed by atoms with Crippen LogP contribution in [0, 0.1) is 0 Å². The highest BCUT2D eigenvalue weighted by molar-refractivity contribution is 5.24. The molecule has 0 aromatic heterocycles. The molecule has 0 saturated carbocycles. The number of ether oxygens (including phenoxy) is 2. The Morgan fingerprint density at radius 2 is 1.39 bits per heavy atom. The standard InChI is InChI=1S/C28H42O3/c1-22(2)11-10-12-24(5)17-19-30-28(29)31-20-18-25(6)15-16-27(23(3)4)21-26-13-8-7-9-14-26/h7-9,11,13-14,17-18,28-29H,10,12,15-16,19-21H2,1-6H3. The van der Waals surface area contributed by atoms with Crippen LogP contribution in [0.3, 0.4) is 0 Å². The topological polar surface area (TPSA) is 38.7 Å². The van der Waals surface area contributed by atoms with Gasteiger partial charge < -0.3 is 14.6 Å². The Labute approximate surface area is 190 Å². The highest BCUT2D eigenvalue weighted by atomic mass is 16.8. The zero-order chi connectivity index (χ0) is 23.1. The molecule has 0 aliphatic heterocycles. The van der Waals surface area contributed by atoms with Gasteiger partial charge in [0.05, 0.1) is 13.2 Å². The lowest BCUT2D eigenvalue weighted by molar-refractivity contribution is -0.253. The third-order valence-electron chi connectivity index (χ3n) is 5.22. The molecule has 3 heteroatoms. The molecule has 172 valence electrons. The van der Waals surface area contributed by atoms with Crippen LogP contribution in [0.25, 0.3) is 0 Å². The summed E-state index contributed by atoms with van der Waals surface area (Å²) in [7, 11) is 0. The molecule has 0 heterocycles. The molecule has 0 aliphatic carbocycles. The molecule has 0 spiro atoms. The van der Waals surface area contributed by atoms with Gasteiger partial charge in [-0.25, -0.2) is 0 Å². The number of hydrogen-bond donors (Lipinski definition) is 1. The Balaban J connectivity index is 2.31. The molecule has 1 aromatic carbocycles. The minimum atomic E-state index is -1.20. The van der Waals surface area contributed by atoms with Gasteiger partial charge in [-0.05, 0) is 79.2 Å². The lowest BCUT2D eigenvalue weighted by atomic mass is 9.95. The quantitative estimate of drug-likeness (QED) is 0.251. The van der Waals surface area contributed by atoms with E-state index in [2.05, 4.69) is 78.0 Å². The number of aliphatic hydroxyl groups is 1. The summed E-state index contributed by atoms with van der Waals surface area (Å²) < 4.78 is 10.7. The van der Waals surface area contributed by atoms with Crippen LogP contribution < -0.4 is 0 Å². The fraction of sp³-hybridized carbons (Fsp3) is 0.500. The zero-order valence-electron chi connectivity index (χ0n) is 20.4. The average Bonchev–Trinajstić information content (AvgIpc) is 2.71. The molecule has 0 bridgehead atoms. The first-order chi connectivity index (χ1) is 14.8. The molecule has 0 fully saturated rings. The molecular weight excluding hydrogens is 384 g/mol. The monoisotopic (exact) mass is 426 g/mol. The van der Waals surface area contributed by atoms with E-state index in [0.29, 0.717) is 13.2 Å². The predicted octanol–water partition coefficient (Wildman–Crippen LogP) is 7.29. The van der Waals surface area contributed by atoms with Gasteiger partial charge >= 0.3 is 0 Å². The SMILES string of the molecule is CC(C)=CCCC(C)=CCOC(O)OCC=C(C)CCC(Cc1ccccc1)=C(C)C. The predicted molar refractivity (Wildman–Crippen MR) is 132 cm³/mol. The minimum Gasteiger partial charge on any atom is -0.346 e. The zero-order valence-corrected chi connectivity index (χ0v) is 20.4. The molecule has 1 rings (SSSR count). The van der Waals surface area contributed by atoms with Crippen LogP contribution in [0.15, 0.2) is 76.4 Å². The van der Waals surface area contributed by atoms with E-state index in [0.717, 1.165) is 32.1 Å². The molecule has 1 atom stereocenters. The maximum Gasteiger partial charge on any atom is 0.269 e. The first-order valence-electron chi connectivity index (χ1n) is 11.3. The van der Waals surface area contributed by atoms with Crippen molar-refractivity contribution in [3.63, 3.8) is 0 Å². The lowest BCUT2D eigenvalue weighted by Gasteiger charge is -2.12. The molecular formula is C28H42O3. The second-order valence-electron chi connectivity index (χ2n) is 8.66. The van der Waals surface area contributed by atoms with E-state index in [1.165, 1.54) is 33.4 Å². The number of benzene rings is 1. The van der Waals surface area contributed by atoms with Gasteiger partial charge in [0.15, 0.2) is 0 Å². The Hall–Kier alpha value is -1.94. The molecule has 0 aliphatic rings. The summed E-state index contributed by atoms with van der Waals surface area (Å²) in [6.07, 6.45) is 11.3. The van der Waals surface area contributed by atoms with Gasteiger partial charge in [0, 0.05) is 0 Å². The van der Waals surface area contributed by atoms with Crippen LogP contribution in [-0.4, -0.2) is 24.8 Å². The molecule has 31 heavy (non-hydrogen) atoms. The number of allylic oxidation sites excluding steroid dienone is 6. The van der Waals surface area contributed by atoms with Crippen LogP contribution in [-0.2, 0) is 15.9 Å². The van der Waals surface area contributed by atoms with Crippen LogP contribution in [0.2, 0.25) is 0 Å². The molecule has 1 N–H and O–H groups in total. The highest BCUT2D eigenvalue weighted by Crippen LogP contribution is 2.20. The van der Waals surface area contributed by atoms with Crippen molar-refractivity contribution in [2.45, 2.75) is 80.1 Å². The number of hydrogen-bond acceptors (Lipinski definition) is 3. The van der Waals surface area contributed by atoms with Crippen LogP contribution in [0.5, 0.6) is 0 Å². The van der Waals surface area contributed by atoms with Crippen molar-refractivity contribution in [1.82, 2.24) is 0 Å². The van der Waals surface area contributed by atoms with Gasteiger partial charge in [0.25, 0.3) is 6.48 Å². The largest absolute Gasteiger partial charge is 0.346 e. The summed E-state index contributed by atoms with van der Waals surface area (Å²) in [5, 5.41) is 9.86. The molecule has 1 unspecified atom stereocenters. The van der Waals surface area contributed by atoms with E-state index in [9.17, 15) is 5.11 Å². The summed E-state index contributed by atoms with van der Waals surface area (Å²) in [5.41, 5.74) is 8.07. The Bertz CT molecular complexity index is 746. The number of aliphatic hydroxyl groups excluding tert-OH is 1. The minimum absolute atomic E-state index is 0.346. The smallest absolute Gasteiger partial charge is 0.269 e. The highest BCUT2D eigenvalue weighted by Gasteiger charge is 2.05. The third-order valence-corrected chi connectivity index (χ3v) is 5.22. The molecule has 0 saturated heterocycles. The lowest BCUT2D eigenvalue weighted by Crippen LogP contribution is -2.16. The molecule has 0 amide bonds. The maximum atomic E-state index is 9.86. The summed E-state index contributed by atoms with van der Waals surface area (Å²) >= 11 is 0. The molecule has 3 nitrogen and oxygen atoms in total. The van der Waals surface area contributed by atoms with Crippen LogP contribution in [0.4, 0.5) is 0 Å². The fourth-order valence-electron chi connectivity index (χ4n) is 3.09. The van der Waals surface area contributed by atoms with Crippen molar-refractivity contribution in [1.29, 1.82) is 0 Å². The Kier molecular flexibility index (Phi) is 13.8. The third kappa shape index (κ3) is 13.9. The van der Waals surface area contributed by atoms with Gasteiger partial charge in [-0.3, -0.25) is 0 Å². The molecule has 0 radical (unpaired) electrons. The van der Waals surface area contributed by atoms with Crippen molar-refractivity contribution < 1.29 is 14.6 Å². The van der Waals surface area contributed by atoms with Gasteiger partial charge in [0.1, 0.15) is 0 Å². The van der Waals surface area contributed by atoms with Crippen molar-refractivity contribution >= 4 is 0 Å². The summed E-state index contributed by atoms with van der Waals surface area (Å²) in [6, 6.07) is 10.6. The van der Waals surface area contributed by atoms with Crippen molar-refractivity contribution in [3.05, 3.63) is 82.0 Å². The van der Waals surface area contributed by atoms with E-state index < -0.39 is 6.48 Å². The van der Waals surface area contributed by atoms with Gasteiger partial charge in [0.2, 0.25) is 0 Å². The van der Waals surface area contributed by atoms with Gasteiger partial charge in [-0.15, -0.1) is 0 Å². The summed E-state index contributed by atoms with van der Waals surface area (Å²) in [6.45, 7) is 12.3. The second-order valence-corrected chi connectivity index (χ2v) is 8.66. The average molecular weight is 427 g/mol. The van der Waals surface area contributed by atoms with Crippen molar-refractivity contribution in [3.8, 4) is 0 Å². The first-order valence-corrected chi connectivity index (χ1v) is 11.3. The van der Waals surface area contributed by atoms with Crippen molar-refractivity contribution in [2.75, 3.05) is 13.2 Å². The normalized spacial score (nSPS) is 13.1. The Morgan fingerprint density at radius 1 is 0.806 bits per heavy atom. The van der Waals surface area contributed by atoms with E-state index in [-0.39, 0.29) is 0 Å². The summed E-state index contributed by atoms with van der Waals surface area (Å²) in [4.78, 5) is 0. The van der Waals surface area contributed by atoms with E-state index in [4.69, 9.17) is 9.47 Å². The van der Waals surface area contributed by atoms with Crippen LogP contribution in [0.1, 0.15) is 72.8 Å². The fourth-order valence-corrected chi connectivity index (χ4v) is 3.09. The second kappa shape index (κ2) is 15.8. The number of rotatable bonds is 14. The first kappa shape index (κ1) is 27.1. The van der Waals surface area contributed by atoms with Gasteiger partial charge in [-0.1, -0.05) is 76.4 Å². The Morgan fingerprint density at radius 3 is 1.94 bits per heavy atom. The molecule has 1 aromatic rings. The van der Waals surface area contributed by atoms with Crippen LogP contribution >= 0.6 is 0 Å².